The third-order valence-corrected chi connectivity index (χ3v) is 4.19. The maximum absolute atomic E-state index is 12.5. The van der Waals surface area contributed by atoms with Crippen molar-refractivity contribution >= 4 is 34.3 Å². The first-order valence-electron chi connectivity index (χ1n) is 6.46. The van der Waals surface area contributed by atoms with Gasteiger partial charge in [0.05, 0.1) is 0 Å². The van der Waals surface area contributed by atoms with Crippen molar-refractivity contribution in [2.45, 2.75) is 13.0 Å². The Morgan fingerprint density at radius 1 is 1.45 bits per heavy atom. The van der Waals surface area contributed by atoms with Crippen LogP contribution in [0.2, 0.25) is 0 Å². The maximum atomic E-state index is 12.5. The summed E-state index contributed by atoms with van der Waals surface area (Å²) in [6, 6.07) is 9.65. The van der Waals surface area contributed by atoms with Crippen LogP contribution in [0.1, 0.15) is 17.4 Å². The molecule has 1 heterocycles. The third-order valence-electron chi connectivity index (χ3n) is 3.38. The second kappa shape index (κ2) is 6.13. The molecule has 1 aromatic carbocycles. The number of nitrogens with zero attached hydrogens (tertiary/aromatic N) is 2. The van der Waals surface area contributed by atoms with E-state index < -0.39 is 0 Å². The van der Waals surface area contributed by atoms with Crippen LogP contribution in [0, 0.1) is 0 Å². The Labute approximate surface area is 123 Å². The summed E-state index contributed by atoms with van der Waals surface area (Å²) in [6.45, 7) is 2.03. The largest absolute Gasteiger partial charge is 0.383 e. The molecule has 0 saturated heterocycles. The van der Waals surface area contributed by atoms with Gasteiger partial charge in [-0.25, -0.2) is 4.98 Å². The number of hydrogen-bond acceptors (Lipinski definition) is 4. The van der Waals surface area contributed by atoms with Gasteiger partial charge in [-0.1, -0.05) is 24.3 Å². The lowest BCUT2D eigenvalue weighted by molar-refractivity contribution is 0.0752. The van der Waals surface area contributed by atoms with Crippen LogP contribution >= 0.6 is 11.8 Å². The number of benzene rings is 1. The molecule has 1 atom stereocenters. The molecule has 1 aromatic heterocycles. The smallest absolute Gasteiger partial charge is 0.272 e. The van der Waals surface area contributed by atoms with Gasteiger partial charge in [0.2, 0.25) is 0 Å². The van der Waals surface area contributed by atoms with Crippen molar-refractivity contribution in [2.24, 2.45) is 0 Å². The average Bonchev–Trinajstić information content (AvgIpc) is 2.46. The molecule has 106 valence electrons. The molecule has 0 bridgehead atoms. The molecule has 1 amide bonds. The van der Waals surface area contributed by atoms with Gasteiger partial charge in [0.1, 0.15) is 11.5 Å². The molecule has 0 saturated carbocycles. The van der Waals surface area contributed by atoms with Crippen molar-refractivity contribution in [3.63, 3.8) is 0 Å². The standard InChI is InChI=1S/C15H19N3OS/c1-10(9-20-3)18(2)15(19)13-8-11-6-4-5-7-12(11)14(16)17-13/h4-8,10H,9H2,1-3H3,(H2,16,17). The zero-order valence-electron chi connectivity index (χ0n) is 12.0. The van der Waals surface area contributed by atoms with Gasteiger partial charge in [-0.15, -0.1) is 0 Å². The summed E-state index contributed by atoms with van der Waals surface area (Å²) in [4.78, 5) is 18.4. The minimum Gasteiger partial charge on any atom is -0.383 e. The number of carbonyl (C=O) groups excluding carboxylic acids is 1. The van der Waals surface area contributed by atoms with E-state index in [1.54, 1.807) is 29.8 Å². The number of nitrogen functional groups attached to an aromatic ring is 1. The van der Waals surface area contributed by atoms with Crippen molar-refractivity contribution in [2.75, 3.05) is 24.8 Å². The molecule has 5 heteroatoms. The fraction of sp³-hybridized carbons (Fsp3) is 0.333. The van der Waals surface area contributed by atoms with E-state index in [4.69, 9.17) is 5.73 Å². The van der Waals surface area contributed by atoms with Gasteiger partial charge >= 0.3 is 0 Å². The molecule has 0 aliphatic heterocycles. The number of aromatic nitrogens is 1. The Bertz CT molecular complexity index is 630. The quantitative estimate of drug-likeness (QED) is 0.940. The van der Waals surface area contributed by atoms with Crippen molar-refractivity contribution in [1.29, 1.82) is 0 Å². The van der Waals surface area contributed by atoms with E-state index in [2.05, 4.69) is 4.98 Å². The highest BCUT2D eigenvalue weighted by Gasteiger charge is 2.19. The average molecular weight is 289 g/mol. The molecule has 0 aliphatic rings. The Kier molecular flexibility index (Phi) is 4.49. The van der Waals surface area contributed by atoms with E-state index in [0.29, 0.717) is 11.5 Å². The zero-order valence-corrected chi connectivity index (χ0v) is 12.8. The Morgan fingerprint density at radius 2 is 2.15 bits per heavy atom. The fourth-order valence-corrected chi connectivity index (χ4v) is 2.78. The Balaban J connectivity index is 2.35. The van der Waals surface area contributed by atoms with E-state index in [1.165, 1.54) is 0 Å². The molecule has 0 fully saturated rings. The summed E-state index contributed by atoms with van der Waals surface area (Å²) in [5.74, 6) is 1.20. The van der Waals surface area contributed by atoms with Crippen molar-refractivity contribution in [3.05, 3.63) is 36.0 Å². The highest BCUT2D eigenvalue weighted by molar-refractivity contribution is 7.98. The molecular formula is C15H19N3OS. The molecule has 2 aromatic rings. The van der Waals surface area contributed by atoms with Crippen molar-refractivity contribution in [1.82, 2.24) is 9.88 Å². The summed E-state index contributed by atoms with van der Waals surface area (Å²) >= 11 is 1.72. The number of carbonyl (C=O) groups is 1. The van der Waals surface area contributed by atoms with Gasteiger partial charge in [-0.3, -0.25) is 4.79 Å². The fourth-order valence-electron chi connectivity index (χ4n) is 2.07. The highest BCUT2D eigenvalue weighted by atomic mass is 32.2. The van der Waals surface area contributed by atoms with Gasteiger partial charge < -0.3 is 10.6 Å². The van der Waals surface area contributed by atoms with Crippen LogP contribution in [0.5, 0.6) is 0 Å². The Morgan fingerprint density at radius 3 is 2.85 bits per heavy atom. The topological polar surface area (TPSA) is 59.2 Å². The van der Waals surface area contributed by atoms with E-state index >= 15 is 0 Å². The molecule has 0 radical (unpaired) electrons. The van der Waals surface area contributed by atoms with Crippen LogP contribution in [0.3, 0.4) is 0 Å². The van der Waals surface area contributed by atoms with Gasteiger partial charge in [-0.05, 0) is 24.6 Å². The normalized spacial score (nSPS) is 12.3. The molecule has 0 spiro atoms. The third kappa shape index (κ3) is 2.88. The number of fused-ring (bicyclic) bond motifs is 1. The summed E-state index contributed by atoms with van der Waals surface area (Å²) in [5.41, 5.74) is 6.34. The van der Waals surface area contributed by atoms with Crippen LogP contribution in [-0.2, 0) is 0 Å². The first-order chi connectivity index (χ1) is 9.54. The minimum atomic E-state index is -0.0935. The van der Waals surface area contributed by atoms with E-state index in [0.717, 1.165) is 16.5 Å². The van der Waals surface area contributed by atoms with Crippen LogP contribution in [0.25, 0.3) is 10.8 Å². The molecule has 2 N–H and O–H groups in total. The van der Waals surface area contributed by atoms with Crippen molar-refractivity contribution < 1.29 is 4.79 Å². The lowest BCUT2D eigenvalue weighted by Crippen LogP contribution is -2.37. The van der Waals surface area contributed by atoms with Crippen LogP contribution < -0.4 is 5.73 Å². The number of thioether (sulfide) groups is 1. The number of amides is 1. The lowest BCUT2D eigenvalue weighted by Gasteiger charge is -2.24. The van der Waals surface area contributed by atoms with Gasteiger partial charge in [0.15, 0.2) is 0 Å². The predicted molar refractivity (Wildman–Crippen MR) is 86.1 cm³/mol. The van der Waals surface area contributed by atoms with Crippen molar-refractivity contribution in [3.8, 4) is 0 Å². The summed E-state index contributed by atoms with van der Waals surface area (Å²) in [6.07, 6.45) is 2.03. The van der Waals surface area contributed by atoms with Gasteiger partial charge in [0.25, 0.3) is 5.91 Å². The SMILES string of the molecule is CSCC(C)N(C)C(=O)c1cc2ccccc2c(N)n1. The van der Waals surface area contributed by atoms with E-state index in [9.17, 15) is 4.79 Å². The van der Waals surface area contributed by atoms with Gasteiger partial charge in [0, 0.05) is 24.2 Å². The van der Waals surface area contributed by atoms with Crippen LogP contribution in [0.15, 0.2) is 30.3 Å². The van der Waals surface area contributed by atoms with Crippen LogP contribution in [-0.4, -0.2) is 40.9 Å². The van der Waals surface area contributed by atoms with Crippen LogP contribution in [0.4, 0.5) is 5.82 Å². The summed E-state index contributed by atoms with van der Waals surface area (Å²) in [7, 11) is 1.80. The molecular weight excluding hydrogens is 270 g/mol. The summed E-state index contributed by atoms with van der Waals surface area (Å²) < 4.78 is 0. The monoisotopic (exact) mass is 289 g/mol. The number of nitrogens with two attached hydrogens (primary N) is 1. The molecule has 1 unspecified atom stereocenters. The number of anilines is 1. The van der Waals surface area contributed by atoms with Gasteiger partial charge in [-0.2, -0.15) is 11.8 Å². The highest BCUT2D eigenvalue weighted by Crippen LogP contribution is 2.21. The lowest BCUT2D eigenvalue weighted by atomic mass is 10.1. The second-order valence-corrected chi connectivity index (χ2v) is 5.74. The molecule has 4 nitrogen and oxygen atoms in total. The number of hydrogen-bond donors (Lipinski definition) is 1. The predicted octanol–water partition coefficient (Wildman–Crippen LogP) is 2.64. The van der Waals surface area contributed by atoms with E-state index in [-0.39, 0.29) is 11.9 Å². The summed E-state index contributed by atoms with van der Waals surface area (Å²) in [5, 5.41) is 1.82. The number of rotatable bonds is 4. The molecule has 20 heavy (non-hydrogen) atoms. The molecule has 2 rings (SSSR count). The first-order valence-corrected chi connectivity index (χ1v) is 7.85. The Hall–Kier alpha value is -1.75. The minimum absolute atomic E-state index is 0.0935. The first kappa shape index (κ1) is 14.7. The zero-order chi connectivity index (χ0) is 14.7. The maximum Gasteiger partial charge on any atom is 0.272 e. The second-order valence-electron chi connectivity index (χ2n) is 4.83. The number of pyridine rings is 1. The molecule has 0 aliphatic carbocycles. The van der Waals surface area contributed by atoms with E-state index in [1.807, 2.05) is 37.4 Å².